The van der Waals surface area contributed by atoms with Crippen LogP contribution in [0, 0.1) is 35.1 Å². The van der Waals surface area contributed by atoms with Gasteiger partial charge in [-0.15, -0.1) is 0 Å². The largest absolute Gasteiger partial charge is 0.455 e. The highest BCUT2D eigenvalue weighted by molar-refractivity contribution is 5.91. The van der Waals surface area contributed by atoms with Crippen LogP contribution in [0.4, 0.5) is 17.6 Å². The first-order valence-electron chi connectivity index (χ1n) is 26.4. The van der Waals surface area contributed by atoms with E-state index in [0.29, 0.717) is 45.2 Å². The molecule has 0 radical (unpaired) electrons. The van der Waals surface area contributed by atoms with E-state index in [-0.39, 0.29) is 42.5 Å². The monoisotopic (exact) mass is 1120 g/mol. The first kappa shape index (κ1) is 67.0. The van der Waals surface area contributed by atoms with Crippen molar-refractivity contribution in [2.24, 2.45) is 11.8 Å². The first-order valence-corrected chi connectivity index (χ1v) is 26.4. The highest BCUT2D eigenvalue weighted by atomic mass is 19.1. The fraction of sp³-hybridized carbons (Fsp3) is 0.589. The fourth-order valence-electron chi connectivity index (χ4n) is 8.72. The van der Waals surface area contributed by atoms with Gasteiger partial charge in [-0.1, -0.05) is 58.8 Å². The molecule has 23 heteroatoms. The predicted octanol–water partition coefficient (Wildman–Crippen LogP) is 5.04. The molecular weight excluding hydrogens is 1040 g/mol. The molecule has 79 heavy (non-hydrogen) atoms. The van der Waals surface area contributed by atoms with Crippen molar-refractivity contribution in [3.8, 4) is 0 Å². The molecule has 2 heterocycles. The van der Waals surface area contributed by atoms with Crippen molar-refractivity contribution in [2.75, 3.05) is 27.3 Å². The van der Waals surface area contributed by atoms with Crippen molar-refractivity contribution < 1.29 is 90.1 Å². The van der Waals surface area contributed by atoms with Crippen LogP contribution in [-0.4, -0.2) is 155 Å². The van der Waals surface area contributed by atoms with Crippen LogP contribution >= 0.6 is 0 Å². The number of carbonyl (C=O) groups excluding carboxylic acids is 7. The number of rotatable bonds is 25. The summed E-state index contributed by atoms with van der Waals surface area (Å²) in [4.78, 5) is 92.3. The summed E-state index contributed by atoms with van der Waals surface area (Å²) in [5, 5.41) is 36.2. The number of nitrogens with zero attached hydrogens (tertiary/aromatic N) is 2. The number of hydrogen-bond acceptors (Lipinski definition) is 15. The third-order valence-corrected chi connectivity index (χ3v) is 13.2. The second kappa shape index (κ2) is 33.4. The third kappa shape index (κ3) is 22.1. The van der Waals surface area contributed by atoms with Crippen LogP contribution in [0.2, 0.25) is 0 Å². The lowest BCUT2D eigenvalue weighted by Crippen LogP contribution is -2.58. The van der Waals surface area contributed by atoms with E-state index in [1.54, 1.807) is 12.2 Å². The topological polar surface area (TPSA) is 257 Å². The Labute approximate surface area is 459 Å². The number of halogens is 4. The Hall–Kier alpha value is -6.27. The van der Waals surface area contributed by atoms with E-state index in [1.165, 1.54) is 36.2 Å². The minimum absolute atomic E-state index is 0.0242. The molecule has 12 atom stereocenters. The van der Waals surface area contributed by atoms with E-state index in [1.807, 2.05) is 27.7 Å². The van der Waals surface area contributed by atoms with Gasteiger partial charge < -0.3 is 59.4 Å². The molecule has 2 aromatic carbocycles. The summed E-state index contributed by atoms with van der Waals surface area (Å²) in [7, 11) is 2.34. The molecule has 5 N–H and O–H groups in total. The molecule has 4 amide bonds. The van der Waals surface area contributed by atoms with Crippen LogP contribution in [0.1, 0.15) is 111 Å². The molecule has 0 aliphatic carbocycles. The van der Waals surface area contributed by atoms with Gasteiger partial charge in [-0.25, -0.2) is 17.6 Å². The average molecular weight is 1120 g/mol. The zero-order valence-electron chi connectivity index (χ0n) is 46.3. The minimum Gasteiger partial charge on any atom is -0.455 e. The quantitative estimate of drug-likeness (QED) is 0.0378. The number of aliphatic hydroxyl groups excluding tert-OH is 3. The molecule has 4 rings (SSSR count). The Morgan fingerprint density at radius 1 is 0.582 bits per heavy atom. The summed E-state index contributed by atoms with van der Waals surface area (Å²) in [5.41, 5.74) is 0.536. The van der Waals surface area contributed by atoms with E-state index in [9.17, 15) is 66.4 Å². The molecule has 2 saturated heterocycles. The Kier molecular flexibility index (Phi) is 28.3. The van der Waals surface area contributed by atoms with Crippen molar-refractivity contribution in [1.82, 2.24) is 20.4 Å². The number of benzene rings is 2. The average Bonchev–Trinajstić information content (AvgIpc) is 3.66. The number of esters is 3. The van der Waals surface area contributed by atoms with Crippen LogP contribution in [0.25, 0.3) is 0 Å². The number of hydrogen-bond donors (Lipinski definition) is 5. The Bertz CT molecular complexity index is 2370. The summed E-state index contributed by atoms with van der Waals surface area (Å²) in [6.07, 6.45) is -1.56. The molecule has 0 saturated carbocycles. The normalized spacial score (nSPS) is 19.9. The smallest absolute Gasteiger partial charge is 0.303 e. The van der Waals surface area contributed by atoms with Crippen molar-refractivity contribution in [2.45, 2.75) is 174 Å². The van der Waals surface area contributed by atoms with Crippen LogP contribution in [-0.2, 0) is 70.3 Å². The van der Waals surface area contributed by atoms with Crippen LogP contribution in [0.3, 0.4) is 0 Å². The zero-order chi connectivity index (χ0) is 59.1. The number of amides is 4. The van der Waals surface area contributed by atoms with Crippen molar-refractivity contribution in [3.63, 3.8) is 0 Å². The molecular formula is C56H78F4N4O15. The highest BCUT2D eigenvalue weighted by Crippen LogP contribution is 2.24. The third-order valence-electron chi connectivity index (χ3n) is 13.2. The standard InChI is InChI=1S/C31H42F2N2O9.C25H36F2N2O6/c1-7-18(2)11-12-26(42-19(3)36)27(43-20(4)37)28(44-21(5)38)29(41-6)30(39)34-25-10-8-9-13-35(31(25)40)17-22-14-23(32)16-24(33)15-22;1-4-15(2)8-9-20(30)21(31)22(32)23(35-3)24(33)28-19-7-5-6-10-29(25(19)34)14-16-11-17(26)13-18(27)12-16/h11-12,14-16,18,25-29H,7-10,13,17H2,1-6H3,(H,34,39);8-9,11-13,15,19-23,30-32H,4-7,10,14H2,1-3H3,(H,28,33)/b12-11+;9-8+/t18?,25-,26+,27-,28+,29+;15?,19-,20+,21-,22+,23+/m00/s1. The molecule has 440 valence electrons. The lowest BCUT2D eigenvalue weighted by molar-refractivity contribution is -0.192. The van der Waals surface area contributed by atoms with E-state index >= 15 is 0 Å². The summed E-state index contributed by atoms with van der Waals surface area (Å²) < 4.78 is 81.5. The van der Waals surface area contributed by atoms with Gasteiger partial charge in [0, 0.05) is 73.3 Å². The van der Waals surface area contributed by atoms with Crippen LogP contribution in [0.5, 0.6) is 0 Å². The second-order valence-electron chi connectivity index (χ2n) is 19.7. The van der Waals surface area contributed by atoms with Crippen molar-refractivity contribution >= 4 is 41.5 Å². The Morgan fingerprint density at radius 3 is 1.37 bits per heavy atom. The molecule has 2 aromatic rings. The number of allylic oxidation sites excluding steroid dienone is 2. The first-order chi connectivity index (χ1) is 37.3. The van der Waals surface area contributed by atoms with E-state index in [2.05, 4.69) is 10.6 Å². The molecule has 19 nitrogen and oxygen atoms in total. The number of aliphatic hydroxyl groups is 3. The number of nitrogens with one attached hydrogen (secondary N) is 2. The Morgan fingerprint density at radius 2 is 0.975 bits per heavy atom. The summed E-state index contributed by atoms with van der Waals surface area (Å²) in [6, 6.07) is 4.05. The van der Waals surface area contributed by atoms with Gasteiger partial charge in [0.05, 0.1) is 0 Å². The molecule has 2 aliphatic heterocycles. The van der Waals surface area contributed by atoms with E-state index in [4.69, 9.17) is 23.7 Å². The number of methoxy groups -OCH3 is 2. The van der Waals surface area contributed by atoms with Gasteiger partial charge in [0.1, 0.15) is 53.7 Å². The maximum Gasteiger partial charge on any atom is 0.303 e. The number of carbonyl (C=O) groups is 7. The lowest BCUT2D eigenvalue weighted by Gasteiger charge is -2.34. The predicted molar refractivity (Wildman–Crippen MR) is 279 cm³/mol. The fourth-order valence-corrected chi connectivity index (χ4v) is 8.72. The van der Waals surface area contributed by atoms with Crippen LogP contribution < -0.4 is 10.6 Å². The maximum atomic E-state index is 13.8. The summed E-state index contributed by atoms with van der Waals surface area (Å²) >= 11 is 0. The van der Waals surface area contributed by atoms with Gasteiger partial charge >= 0.3 is 17.9 Å². The molecule has 0 bridgehead atoms. The second-order valence-corrected chi connectivity index (χ2v) is 19.7. The minimum atomic E-state index is -1.76. The maximum absolute atomic E-state index is 13.8. The number of likely N-dealkylation sites (tertiary alicyclic amines) is 2. The van der Waals surface area contributed by atoms with E-state index < -0.39 is 126 Å². The molecule has 2 fully saturated rings. The van der Waals surface area contributed by atoms with Gasteiger partial charge in [-0.2, -0.15) is 0 Å². The van der Waals surface area contributed by atoms with Gasteiger partial charge in [0.2, 0.25) is 11.8 Å². The molecule has 0 spiro atoms. The van der Waals surface area contributed by atoms with Gasteiger partial charge in [0.15, 0.2) is 30.5 Å². The van der Waals surface area contributed by atoms with Gasteiger partial charge in [-0.3, -0.25) is 33.6 Å². The van der Waals surface area contributed by atoms with Crippen molar-refractivity contribution in [3.05, 3.63) is 95.1 Å². The molecule has 0 aromatic heterocycles. The number of ether oxygens (including phenoxy) is 5. The Balaban J connectivity index is 0.000000426. The van der Waals surface area contributed by atoms with Crippen LogP contribution in [0.15, 0.2) is 60.7 Å². The highest BCUT2D eigenvalue weighted by Gasteiger charge is 2.45. The molecule has 2 aliphatic rings. The van der Waals surface area contributed by atoms with Gasteiger partial charge in [0.25, 0.3) is 11.8 Å². The summed E-state index contributed by atoms with van der Waals surface area (Å²) in [6.45, 7) is 11.6. The van der Waals surface area contributed by atoms with E-state index in [0.717, 1.165) is 70.0 Å². The zero-order valence-corrected chi connectivity index (χ0v) is 46.3. The van der Waals surface area contributed by atoms with Gasteiger partial charge in [-0.05, 0) is 91.8 Å². The molecule has 2 unspecified atom stereocenters. The van der Waals surface area contributed by atoms with Crippen molar-refractivity contribution in [1.29, 1.82) is 0 Å². The summed E-state index contributed by atoms with van der Waals surface area (Å²) in [5.74, 6) is -7.80. The SMILES string of the molecule is CCC(C)/C=C/[C@@H](O)[C@H](O)[C@@H](O)[C@@H](OC)C(=O)N[C@H]1CCCCN(Cc2cc(F)cc(F)c2)C1=O.CCC(C)/C=C/[C@@H](OC(C)=O)[C@H](OC(C)=O)[C@@H](OC(C)=O)[C@@H](OC)C(=O)N[C@H]1CCCCN(Cc2cc(F)cc(F)c2)C1=O. The lowest BCUT2D eigenvalue weighted by atomic mass is 9.98.